The van der Waals surface area contributed by atoms with Crippen LogP contribution in [0.15, 0.2) is 48.9 Å². The van der Waals surface area contributed by atoms with Gasteiger partial charge in [0.05, 0.1) is 5.52 Å². The zero-order valence-corrected chi connectivity index (χ0v) is 13.3. The Morgan fingerprint density at radius 2 is 2.00 bits per heavy atom. The lowest BCUT2D eigenvalue weighted by Crippen LogP contribution is -1.99. The number of fused-ring (bicyclic) bond motifs is 3. The molecule has 0 aromatic carbocycles. The number of hydrogen-bond donors (Lipinski definition) is 2. The minimum atomic E-state index is 0.123. The Labute approximate surface area is 138 Å². The van der Waals surface area contributed by atoms with Gasteiger partial charge in [-0.2, -0.15) is 0 Å². The first-order valence-electron chi connectivity index (χ1n) is 7.78. The van der Waals surface area contributed by atoms with Crippen LogP contribution in [-0.4, -0.2) is 31.2 Å². The highest BCUT2D eigenvalue weighted by atomic mass is 16.2. The molecule has 0 aliphatic carbocycles. The number of aromatic nitrogens is 4. The van der Waals surface area contributed by atoms with Crippen LogP contribution in [0.25, 0.3) is 21.9 Å². The van der Waals surface area contributed by atoms with E-state index < -0.39 is 0 Å². The molecule has 4 heterocycles. The molecule has 6 heteroatoms. The van der Waals surface area contributed by atoms with E-state index in [4.69, 9.17) is 10.1 Å². The fourth-order valence-corrected chi connectivity index (χ4v) is 2.94. The van der Waals surface area contributed by atoms with Crippen molar-refractivity contribution in [2.24, 2.45) is 7.05 Å². The highest BCUT2D eigenvalue weighted by Crippen LogP contribution is 2.27. The smallest absolute Gasteiger partial charge is 0.143 e. The van der Waals surface area contributed by atoms with Crippen molar-refractivity contribution in [1.82, 2.24) is 19.5 Å². The van der Waals surface area contributed by atoms with Gasteiger partial charge in [-0.05, 0) is 42.3 Å². The number of anilines is 2. The zero-order chi connectivity index (χ0) is 16.5. The zero-order valence-electron chi connectivity index (χ0n) is 13.3. The summed E-state index contributed by atoms with van der Waals surface area (Å²) in [5.74, 6) is 1.45. The summed E-state index contributed by atoms with van der Waals surface area (Å²) < 4.78 is 2.06. The molecule has 4 rings (SSSR count). The van der Waals surface area contributed by atoms with Crippen LogP contribution in [0.3, 0.4) is 0 Å². The van der Waals surface area contributed by atoms with Crippen molar-refractivity contribution in [3.05, 3.63) is 54.5 Å². The van der Waals surface area contributed by atoms with E-state index in [0.29, 0.717) is 12.2 Å². The van der Waals surface area contributed by atoms with E-state index in [1.165, 1.54) is 0 Å². The number of rotatable bonds is 4. The van der Waals surface area contributed by atoms with Crippen LogP contribution in [0.4, 0.5) is 11.6 Å². The molecular formula is C18H17N5O. The van der Waals surface area contributed by atoms with Gasteiger partial charge >= 0.3 is 0 Å². The quantitative estimate of drug-likeness (QED) is 0.605. The molecule has 0 aliphatic heterocycles. The summed E-state index contributed by atoms with van der Waals surface area (Å²) in [4.78, 5) is 13.2. The van der Waals surface area contributed by atoms with Gasteiger partial charge in [0.25, 0.3) is 0 Å². The second-order valence-electron chi connectivity index (χ2n) is 5.67. The molecule has 6 nitrogen and oxygen atoms in total. The highest BCUT2D eigenvalue weighted by Gasteiger charge is 2.10. The first kappa shape index (κ1) is 14.6. The maximum absolute atomic E-state index is 9.06. The van der Waals surface area contributed by atoms with Gasteiger partial charge in [0.1, 0.15) is 17.3 Å². The van der Waals surface area contributed by atoms with Crippen molar-refractivity contribution in [3.63, 3.8) is 0 Å². The monoisotopic (exact) mass is 319 g/mol. The molecule has 0 amide bonds. The maximum Gasteiger partial charge on any atom is 0.143 e. The van der Waals surface area contributed by atoms with Gasteiger partial charge in [-0.1, -0.05) is 0 Å². The third kappa shape index (κ3) is 2.47. The van der Waals surface area contributed by atoms with E-state index in [9.17, 15) is 0 Å². The Morgan fingerprint density at radius 1 is 1.08 bits per heavy atom. The Hall–Kier alpha value is -2.99. The first-order valence-corrected chi connectivity index (χ1v) is 7.78. The van der Waals surface area contributed by atoms with Crippen molar-refractivity contribution >= 4 is 33.6 Å². The van der Waals surface area contributed by atoms with E-state index in [2.05, 4.69) is 19.9 Å². The van der Waals surface area contributed by atoms with Gasteiger partial charge in [-0.25, -0.2) is 9.97 Å². The van der Waals surface area contributed by atoms with Gasteiger partial charge in [0.2, 0.25) is 0 Å². The molecule has 0 atom stereocenters. The third-order valence-corrected chi connectivity index (χ3v) is 4.12. The van der Waals surface area contributed by atoms with Crippen molar-refractivity contribution in [1.29, 1.82) is 0 Å². The highest BCUT2D eigenvalue weighted by molar-refractivity contribution is 6.06. The Morgan fingerprint density at radius 3 is 2.88 bits per heavy atom. The van der Waals surface area contributed by atoms with E-state index in [0.717, 1.165) is 33.3 Å². The lowest BCUT2D eigenvalue weighted by molar-refractivity contribution is 0.299. The van der Waals surface area contributed by atoms with Gasteiger partial charge < -0.3 is 15.0 Å². The minimum Gasteiger partial charge on any atom is -0.396 e. The average Bonchev–Trinajstić information content (AvgIpc) is 2.89. The Balaban J connectivity index is 1.74. The number of nitrogens with zero attached hydrogens (tertiary/aromatic N) is 4. The molecular weight excluding hydrogens is 302 g/mol. The maximum atomic E-state index is 9.06. The SMILES string of the molecule is Cn1c2ccncc2c2ccc(Nc3cc(CCO)ccn3)nc21. The standard InChI is InChI=1S/C18H17N5O/c1-23-15-5-7-19-11-14(15)13-2-3-16(22-18(13)23)21-17-10-12(6-9-24)4-8-20-17/h2-5,7-8,10-11,24H,6,9H2,1H3,(H,20,21,22). The number of aryl methyl sites for hydroxylation is 1. The molecule has 120 valence electrons. The molecule has 0 saturated heterocycles. The summed E-state index contributed by atoms with van der Waals surface area (Å²) in [6, 6.07) is 9.80. The molecule has 0 radical (unpaired) electrons. The predicted molar refractivity (Wildman–Crippen MR) is 94.3 cm³/mol. The van der Waals surface area contributed by atoms with Crippen LogP contribution in [-0.2, 0) is 13.5 Å². The van der Waals surface area contributed by atoms with Crippen LogP contribution in [0, 0.1) is 0 Å². The molecule has 0 unspecified atom stereocenters. The fraction of sp³-hybridized carbons (Fsp3) is 0.167. The summed E-state index contributed by atoms with van der Waals surface area (Å²) in [6.45, 7) is 0.123. The number of nitrogens with one attached hydrogen (secondary N) is 1. The van der Waals surface area contributed by atoms with Crippen LogP contribution < -0.4 is 5.32 Å². The first-order chi connectivity index (χ1) is 11.8. The average molecular weight is 319 g/mol. The van der Waals surface area contributed by atoms with Crippen molar-refractivity contribution in [2.75, 3.05) is 11.9 Å². The predicted octanol–water partition coefficient (Wildman–Crippen LogP) is 2.79. The lowest BCUT2D eigenvalue weighted by Gasteiger charge is -2.07. The van der Waals surface area contributed by atoms with E-state index in [-0.39, 0.29) is 6.61 Å². The van der Waals surface area contributed by atoms with E-state index >= 15 is 0 Å². The van der Waals surface area contributed by atoms with E-state index in [1.54, 1.807) is 12.4 Å². The largest absolute Gasteiger partial charge is 0.396 e. The third-order valence-electron chi connectivity index (χ3n) is 4.12. The van der Waals surface area contributed by atoms with Crippen molar-refractivity contribution in [3.8, 4) is 0 Å². The second-order valence-corrected chi connectivity index (χ2v) is 5.67. The number of hydrogen-bond acceptors (Lipinski definition) is 5. The number of aliphatic hydroxyl groups is 1. The summed E-state index contributed by atoms with van der Waals surface area (Å²) >= 11 is 0. The van der Waals surface area contributed by atoms with Gasteiger partial charge in [0, 0.05) is 43.0 Å². The van der Waals surface area contributed by atoms with Crippen LogP contribution in [0.2, 0.25) is 0 Å². The molecule has 0 bridgehead atoms. The van der Waals surface area contributed by atoms with Gasteiger partial charge in [-0.3, -0.25) is 4.98 Å². The van der Waals surface area contributed by atoms with Crippen LogP contribution in [0.5, 0.6) is 0 Å². The van der Waals surface area contributed by atoms with Gasteiger partial charge in [-0.15, -0.1) is 0 Å². The van der Waals surface area contributed by atoms with E-state index in [1.807, 2.05) is 43.6 Å². The van der Waals surface area contributed by atoms with Crippen molar-refractivity contribution in [2.45, 2.75) is 6.42 Å². The fourth-order valence-electron chi connectivity index (χ4n) is 2.94. The molecule has 0 saturated carbocycles. The van der Waals surface area contributed by atoms with Crippen LogP contribution >= 0.6 is 0 Å². The molecule has 0 aliphatic rings. The second kappa shape index (κ2) is 5.90. The summed E-state index contributed by atoms with van der Waals surface area (Å²) in [6.07, 6.45) is 6.00. The summed E-state index contributed by atoms with van der Waals surface area (Å²) in [7, 11) is 2.00. The van der Waals surface area contributed by atoms with Crippen molar-refractivity contribution < 1.29 is 5.11 Å². The number of pyridine rings is 3. The van der Waals surface area contributed by atoms with Crippen LogP contribution in [0.1, 0.15) is 5.56 Å². The molecule has 4 aromatic heterocycles. The normalized spacial score (nSPS) is 11.2. The Bertz CT molecular complexity index is 1020. The Kier molecular flexibility index (Phi) is 3.59. The topological polar surface area (TPSA) is 75.9 Å². The summed E-state index contributed by atoms with van der Waals surface area (Å²) in [5.41, 5.74) is 3.04. The summed E-state index contributed by atoms with van der Waals surface area (Å²) in [5, 5.41) is 14.5. The molecule has 24 heavy (non-hydrogen) atoms. The lowest BCUT2D eigenvalue weighted by atomic mass is 10.2. The molecule has 0 fully saturated rings. The minimum absolute atomic E-state index is 0.123. The molecule has 4 aromatic rings. The number of aliphatic hydroxyl groups excluding tert-OH is 1. The molecule has 0 spiro atoms. The van der Waals surface area contributed by atoms with Gasteiger partial charge in [0.15, 0.2) is 0 Å². The molecule has 2 N–H and O–H groups in total.